The zero-order valence-electron chi connectivity index (χ0n) is 22.6. The van der Waals surface area contributed by atoms with E-state index in [2.05, 4.69) is 54.4 Å². The van der Waals surface area contributed by atoms with Gasteiger partial charge >= 0.3 is 20.2 Å². The Morgan fingerprint density at radius 2 is 1.63 bits per heavy atom. The first-order chi connectivity index (χ1) is 21.6. The summed E-state index contributed by atoms with van der Waals surface area (Å²) in [7, 11) is -8.91. The lowest BCUT2D eigenvalue weighted by Crippen LogP contribution is -2.42. The highest BCUT2D eigenvalue weighted by Gasteiger charge is 2.67. The van der Waals surface area contributed by atoms with Gasteiger partial charge in [-0.2, -0.15) is 32.9 Å². The lowest BCUT2D eigenvalue weighted by Gasteiger charge is -2.24. The molecule has 4 aromatic heterocycles. The molecule has 4 aromatic rings. The Bertz CT molecular complexity index is 1870. The van der Waals surface area contributed by atoms with Crippen molar-refractivity contribution in [2.75, 3.05) is 24.7 Å². The number of nitrogens with one attached hydrogen (secondary N) is 1. The molecule has 7 rings (SSSR count). The van der Waals surface area contributed by atoms with Gasteiger partial charge in [-0.3, -0.25) is 18.9 Å². The second kappa shape index (κ2) is 11.3. The van der Waals surface area contributed by atoms with Gasteiger partial charge in [0.1, 0.15) is 31.2 Å². The van der Waals surface area contributed by atoms with Crippen molar-refractivity contribution in [2.45, 2.75) is 49.0 Å². The highest BCUT2D eigenvalue weighted by Crippen LogP contribution is 2.68. The molecule has 2 unspecified atom stereocenters. The molecule has 0 amide bonds. The van der Waals surface area contributed by atoms with Crippen LogP contribution in [0.25, 0.3) is 22.3 Å². The summed E-state index contributed by atoms with van der Waals surface area (Å²) in [5.41, 5.74) is 10.5. The number of fused-ring (bicyclic) bond motifs is 5. The topological polar surface area (TPSA) is 255 Å². The monoisotopic (exact) mass is 730 g/mol. The first kappa shape index (κ1) is 32.1. The highest BCUT2D eigenvalue weighted by atomic mass is 32.7. The number of alkyl halides is 3. The average molecular weight is 731 g/mol. The minimum absolute atomic E-state index is 0.0205. The Kier molecular flexibility index (Phi) is 7.89. The number of ether oxygens (including phenoxy) is 2. The van der Waals surface area contributed by atoms with Gasteiger partial charge in [-0.05, 0) is 0 Å². The molecule has 3 aliphatic rings. The molecule has 7 heterocycles. The van der Waals surface area contributed by atoms with Crippen LogP contribution in [-0.4, -0.2) is 98.5 Å². The fourth-order valence-electron chi connectivity index (χ4n) is 5.25. The van der Waals surface area contributed by atoms with Crippen molar-refractivity contribution in [1.29, 1.82) is 0 Å². The maximum atomic E-state index is 16.0. The first-order valence-corrected chi connectivity index (χ1v) is 18.4. The molecule has 3 fully saturated rings. The SMILES string of the molecule is Nc1nc2c(ncn2[C@@H]2O[C@@H]3CO[P+](O)(S)O[C@H]4[C@H](F)[C@H](n5cnc6c(N)ncnc65)O[C@@H]4CO[P+](O)(S)O[C@@H]2C3(F)F)c(=O)[nH]1. The lowest BCUT2D eigenvalue weighted by atomic mass is 10.1. The van der Waals surface area contributed by atoms with Crippen LogP contribution in [0.4, 0.5) is 24.9 Å². The molecule has 2 bridgehead atoms. The summed E-state index contributed by atoms with van der Waals surface area (Å²) in [4.78, 5) is 56.3. The molecule has 46 heavy (non-hydrogen) atoms. The molecular formula is C20H23F3N10O9P2S2+2. The second-order valence-electron chi connectivity index (χ2n) is 10.2. The summed E-state index contributed by atoms with van der Waals surface area (Å²) in [6.45, 7) is -1.81. The van der Waals surface area contributed by atoms with E-state index in [1.165, 1.54) is 10.9 Å². The standard InChI is InChI=1S/C20H22F3N10O9P2S2/c21-8-11-6(39-17(8)32-4-28-9-13(24)26-3-27-14(9)32)1-37-44(36,46)42-12-18(33-5-29-10-15(33)30-19(25)31-16(10)34)40-7(20(12,22)23)2-38-43(35,45)41-11/h3-8,11-12,17-18,35-36,45-46H,1-2H2,(H4-,24,25,26,27,30,31,34)/q+1/p+1/t6-,7-,8+,11-,12+,17-,18-,43?,44?/m1/s1. The molecule has 26 heteroatoms. The van der Waals surface area contributed by atoms with Crippen LogP contribution in [-0.2, 0) is 27.6 Å². The number of thiol groups is 2. The van der Waals surface area contributed by atoms with Crippen LogP contribution in [0.5, 0.6) is 0 Å². The number of nitrogen functional groups attached to an aromatic ring is 2. The fraction of sp³-hybridized carbons (Fsp3) is 0.500. The fourth-order valence-corrected chi connectivity index (χ4v) is 8.19. The molecule has 0 radical (unpaired) electrons. The molecule has 3 aliphatic heterocycles. The normalized spacial score (nSPS) is 36.7. The van der Waals surface area contributed by atoms with E-state index in [4.69, 9.17) is 39.0 Å². The number of rotatable bonds is 2. The average Bonchev–Trinajstić information content (AvgIpc) is 3.71. The number of halogens is 3. The second-order valence-corrected chi connectivity index (χ2v) is 16.2. The van der Waals surface area contributed by atoms with E-state index in [0.29, 0.717) is 0 Å². The molecule has 248 valence electrons. The number of imidazole rings is 2. The van der Waals surface area contributed by atoms with Gasteiger partial charge < -0.3 is 20.9 Å². The van der Waals surface area contributed by atoms with Crippen molar-refractivity contribution in [1.82, 2.24) is 39.0 Å². The van der Waals surface area contributed by atoms with Crippen LogP contribution in [0.2, 0.25) is 0 Å². The maximum absolute atomic E-state index is 16.0. The van der Waals surface area contributed by atoms with E-state index >= 15 is 13.2 Å². The molecule has 0 aromatic carbocycles. The largest absolute Gasteiger partial charge is 0.476 e. The van der Waals surface area contributed by atoms with Gasteiger partial charge in [0, 0.05) is 0 Å². The Morgan fingerprint density at radius 3 is 2.39 bits per heavy atom. The van der Waals surface area contributed by atoms with Crippen molar-refractivity contribution in [3.8, 4) is 0 Å². The van der Waals surface area contributed by atoms with Crippen LogP contribution >= 0.6 is 38.8 Å². The number of aromatic amines is 1. The third kappa shape index (κ3) is 5.48. The van der Waals surface area contributed by atoms with Crippen LogP contribution < -0.4 is 17.0 Å². The van der Waals surface area contributed by atoms with Gasteiger partial charge in [-0.15, -0.1) is 0 Å². The summed E-state index contributed by atoms with van der Waals surface area (Å²) in [5.74, 6) is -4.31. The quantitative estimate of drug-likeness (QED) is 0.112. The predicted molar refractivity (Wildman–Crippen MR) is 158 cm³/mol. The smallest absolute Gasteiger partial charge is 0.382 e. The zero-order valence-corrected chi connectivity index (χ0v) is 26.2. The molecule has 0 spiro atoms. The van der Waals surface area contributed by atoms with Crippen molar-refractivity contribution in [3.63, 3.8) is 0 Å². The van der Waals surface area contributed by atoms with Gasteiger partial charge in [0.25, 0.3) is 5.56 Å². The van der Waals surface area contributed by atoms with E-state index in [0.717, 1.165) is 17.2 Å². The molecule has 3 saturated heterocycles. The van der Waals surface area contributed by atoms with E-state index in [-0.39, 0.29) is 34.1 Å². The molecule has 0 saturated carbocycles. The van der Waals surface area contributed by atoms with Gasteiger partial charge in [-0.25, -0.2) is 33.1 Å². The number of nitrogens with zero attached hydrogens (tertiary/aromatic N) is 7. The summed E-state index contributed by atoms with van der Waals surface area (Å²) in [6.07, 6.45) is -9.76. The van der Waals surface area contributed by atoms with Crippen LogP contribution in [0.15, 0.2) is 23.8 Å². The summed E-state index contributed by atoms with van der Waals surface area (Å²) < 4.78 is 82.9. The number of hydrogen-bond donors (Lipinski definition) is 7. The van der Waals surface area contributed by atoms with Gasteiger partial charge in [0.05, 0.1) is 37.2 Å². The Balaban J connectivity index is 1.22. The third-order valence-corrected chi connectivity index (χ3v) is 10.6. The Labute approximate surface area is 265 Å². The molecule has 7 N–H and O–H groups in total. The minimum atomic E-state index is -4.51. The third-order valence-electron chi connectivity index (χ3n) is 7.34. The highest BCUT2D eigenvalue weighted by molar-refractivity contribution is 8.47. The van der Waals surface area contributed by atoms with Crippen molar-refractivity contribution in [3.05, 3.63) is 29.3 Å². The van der Waals surface area contributed by atoms with E-state index in [1.54, 1.807) is 0 Å². The van der Waals surface area contributed by atoms with Gasteiger partial charge in [0.15, 0.2) is 53.5 Å². The van der Waals surface area contributed by atoms with E-state index in [1.807, 2.05) is 0 Å². The zero-order chi connectivity index (χ0) is 32.8. The van der Waals surface area contributed by atoms with Gasteiger partial charge in [-0.1, -0.05) is 0 Å². The number of hydrogen-bond acceptors (Lipinski definition) is 18. The van der Waals surface area contributed by atoms with E-state index in [9.17, 15) is 14.6 Å². The molecular weight excluding hydrogens is 707 g/mol. The Morgan fingerprint density at radius 1 is 0.957 bits per heavy atom. The minimum Gasteiger partial charge on any atom is -0.382 e. The number of nitrogens with two attached hydrogens (primary N) is 2. The molecule has 9 atom stereocenters. The lowest BCUT2D eigenvalue weighted by molar-refractivity contribution is -0.118. The Hall–Kier alpha value is -2.47. The number of aromatic nitrogens is 8. The number of anilines is 2. The van der Waals surface area contributed by atoms with Crippen LogP contribution in [0.1, 0.15) is 12.5 Å². The predicted octanol–water partition coefficient (Wildman–Crippen LogP) is 0.909. The van der Waals surface area contributed by atoms with Crippen molar-refractivity contribution in [2.24, 2.45) is 0 Å². The summed E-state index contributed by atoms with van der Waals surface area (Å²) in [5, 5.41) is 0. The number of H-pyrrole nitrogens is 1. The maximum Gasteiger partial charge on any atom is 0.476 e. The first-order valence-electron chi connectivity index (χ1n) is 13.0. The van der Waals surface area contributed by atoms with Crippen molar-refractivity contribution >= 4 is 72.9 Å². The van der Waals surface area contributed by atoms with Crippen molar-refractivity contribution < 1.29 is 50.5 Å². The van der Waals surface area contributed by atoms with E-state index < -0.39 is 82.0 Å². The summed E-state index contributed by atoms with van der Waals surface area (Å²) in [6, 6.07) is 0. The van der Waals surface area contributed by atoms with Crippen LogP contribution in [0, 0.1) is 0 Å². The summed E-state index contributed by atoms with van der Waals surface area (Å²) >= 11 is 7.96. The molecule has 19 nitrogen and oxygen atoms in total. The molecule has 0 aliphatic carbocycles. The van der Waals surface area contributed by atoms with Gasteiger partial charge in [0.2, 0.25) is 12.1 Å². The van der Waals surface area contributed by atoms with Crippen LogP contribution in [0.3, 0.4) is 0 Å².